The Bertz CT molecular complexity index is 223. The molecule has 2 atom stereocenters. The highest BCUT2D eigenvalue weighted by Gasteiger charge is 2.33. The van der Waals surface area contributed by atoms with Crippen LogP contribution in [-0.2, 0) is 14.3 Å². The van der Waals surface area contributed by atoms with E-state index in [2.05, 4.69) is 5.32 Å². The van der Waals surface area contributed by atoms with Crippen molar-refractivity contribution in [2.75, 3.05) is 26.4 Å². The molecule has 0 radical (unpaired) electrons. The minimum Gasteiger partial charge on any atom is -0.480 e. The molecule has 17 heavy (non-hydrogen) atoms. The first-order chi connectivity index (χ1) is 7.96. The number of rotatable bonds is 10. The van der Waals surface area contributed by atoms with E-state index >= 15 is 0 Å². The van der Waals surface area contributed by atoms with Gasteiger partial charge in [-0.15, -0.1) is 0 Å². The molecule has 5 heteroatoms. The van der Waals surface area contributed by atoms with E-state index in [0.29, 0.717) is 19.8 Å². The van der Waals surface area contributed by atoms with Gasteiger partial charge in [0.25, 0.3) is 0 Å². The van der Waals surface area contributed by atoms with Crippen molar-refractivity contribution in [3.63, 3.8) is 0 Å². The van der Waals surface area contributed by atoms with Gasteiger partial charge in [0, 0.05) is 6.61 Å². The van der Waals surface area contributed by atoms with Crippen LogP contribution in [0.4, 0.5) is 0 Å². The number of hydrogen-bond donors (Lipinski definition) is 2. The Labute approximate surface area is 103 Å². The van der Waals surface area contributed by atoms with Crippen LogP contribution in [0.15, 0.2) is 0 Å². The summed E-state index contributed by atoms with van der Waals surface area (Å²) in [5, 5.41) is 12.2. The van der Waals surface area contributed by atoms with Crippen LogP contribution in [0, 0.1) is 0 Å². The molecule has 0 heterocycles. The van der Waals surface area contributed by atoms with E-state index in [-0.39, 0.29) is 12.7 Å². The van der Waals surface area contributed by atoms with Crippen LogP contribution in [0.3, 0.4) is 0 Å². The SMILES string of the molecule is CCCNC(C)(COC(C)COCC)C(=O)O. The molecular weight excluding hydrogens is 222 g/mol. The Balaban J connectivity index is 4.12. The molecule has 0 rings (SSSR count). The van der Waals surface area contributed by atoms with Crippen LogP contribution in [0.5, 0.6) is 0 Å². The quantitative estimate of drug-likeness (QED) is 0.608. The third-order valence-electron chi connectivity index (χ3n) is 2.45. The van der Waals surface area contributed by atoms with Crippen molar-refractivity contribution in [3.05, 3.63) is 0 Å². The van der Waals surface area contributed by atoms with Crippen LogP contribution < -0.4 is 5.32 Å². The van der Waals surface area contributed by atoms with Gasteiger partial charge in [0.05, 0.1) is 19.3 Å². The molecule has 0 aromatic heterocycles. The van der Waals surface area contributed by atoms with Crippen molar-refractivity contribution >= 4 is 5.97 Å². The van der Waals surface area contributed by atoms with Crippen LogP contribution in [-0.4, -0.2) is 49.1 Å². The summed E-state index contributed by atoms with van der Waals surface area (Å²) in [7, 11) is 0. The van der Waals surface area contributed by atoms with Crippen molar-refractivity contribution in [1.29, 1.82) is 0 Å². The lowest BCUT2D eigenvalue weighted by Crippen LogP contribution is -2.54. The van der Waals surface area contributed by atoms with Gasteiger partial charge >= 0.3 is 5.97 Å². The molecule has 0 aliphatic carbocycles. The Morgan fingerprint density at radius 1 is 1.47 bits per heavy atom. The van der Waals surface area contributed by atoms with Crippen molar-refractivity contribution in [1.82, 2.24) is 5.32 Å². The predicted molar refractivity (Wildman–Crippen MR) is 66.2 cm³/mol. The van der Waals surface area contributed by atoms with Gasteiger partial charge in [-0.2, -0.15) is 0 Å². The fourth-order valence-corrected chi connectivity index (χ4v) is 1.23. The minimum atomic E-state index is -1.03. The summed E-state index contributed by atoms with van der Waals surface area (Å²) in [5.74, 6) is -0.894. The van der Waals surface area contributed by atoms with Gasteiger partial charge in [-0.05, 0) is 33.7 Å². The third kappa shape index (κ3) is 6.61. The molecule has 0 aromatic carbocycles. The van der Waals surface area contributed by atoms with Gasteiger partial charge in [-0.25, -0.2) is 0 Å². The topological polar surface area (TPSA) is 67.8 Å². The Morgan fingerprint density at radius 3 is 2.59 bits per heavy atom. The molecule has 0 saturated carbocycles. The standard InChI is InChI=1S/C12H25NO4/c1-5-7-13-12(4,11(14)15)9-17-10(3)8-16-6-2/h10,13H,5-9H2,1-4H3,(H,14,15). The van der Waals surface area contributed by atoms with E-state index in [1.165, 1.54) is 0 Å². The number of ether oxygens (including phenoxy) is 2. The van der Waals surface area contributed by atoms with Crippen molar-refractivity contribution < 1.29 is 19.4 Å². The molecule has 0 saturated heterocycles. The number of carboxylic acid groups (broad SMARTS) is 1. The molecule has 5 nitrogen and oxygen atoms in total. The molecule has 0 aliphatic heterocycles. The number of hydrogen-bond acceptors (Lipinski definition) is 4. The summed E-state index contributed by atoms with van der Waals surface area (Å²) in [5.41, 5.74) is -1.03. The first-order valence-electron chi connectivity index (χ1n) is 6.14. The summed E-state index contributed by atoms with van der Waals surface area (Å²) in [6, 6.07) is 0. The van der Waals surface area contributed by atoms with Gasteiger partial charge < -0.3 is 19.9 Å². The minimum absolute atomic E-state index is 0.1000. The zero-order valence-electron chi connectivity index (χ0n) is 11.3. The second-order valence-corrected chi connectivity index (χ2v) is 4.35. The van der Waals surface area contributed by atoms with E-state index in [0.717, 1.165) is 6.42 Å². The average molecular weight is 247 g/mol. The van der Waals surface area contributed by atoms with Gasteiger partial charge in [0.1, 0.15) is 5.54 Å². The maximum Gasteiger partial charge on any atom is 0.326 e. The van der Waals surface area contributed by atoms with E-state index in [4.69, 9.17) is 9.47 Å². The van der Waals surface area contributed by atoms with Crippen molar-refractivity contribution in [3.8, 4) is 0 Å². The molecule has 2 unspecified atom stereocenters. The summed E-state index contributed by atoms with van der Waals surface area (Å²) in [4.78, 5) is 11.2. The lowest BCUT2D eigenvalue weighted by Gasteiger charge is -2.27. The molecule has 0 aromatic rings. The average Bonchev–Trinajstić information content (AvgIpc) is 2.30. The van der Waals surface area contributed by atoms with Gasteiger partial charge in [0.15, 0.2) is 0 Å². The predicted octanol–water partition coefficient (Wildman–Crippen LogP) is 1.27. The second-order valence-electron chi connectivity index (χ2n) is 4.35. The van der Waals surface area contributed by atoms with Gasteiger partial charge in [-0.1, -0.05) is 6.92 Å². The summed E-state index contributed by atoms with van der Waals surface area (Å²) < 4.78 is 10.7. The largest absolute Gasteiger partial charge is 0.480 e. The first kappa shape index (κ1) is 16.4. The third-order valence-corrected chi connectivity index (χ3v) is 2.45. The molecule has 2 N–H and O–H groups in total. The van der Waals surface area contributed by atoms with Gasteiger partial charge in [-0.3, -0.25) is 4.79 Å². The molecule has 0 spiro atoms. The molecule has 0 amide bonds. The van der Waals surface area contributed by atoms with Crippen LogP contribution in [0.1, 0.15) is 34.1 Å². The Morgan fingerprint density at radius 2 is 2.12 bits per heavy atom. The number of aliphatic carboxylic acids is 1. The maximum atomic E-state index is 11.2. The monoisotopic (exact) mass is 247 g/mol. The number of carbonyl (C=O) groups is 1. The number of carboxylic acids is 1. The molecule has 0 aliphatic rings. The summed E-state index contributed by atoms with van der Waals surface area (Å²) >= 11 is 0. The summed E-state index contributed by atoms with van der Waals surface area (Å²) in [6.45, 7) is 9.33. The fraction of sp³-hybridized carbons (Fsp3) is 0.917. The lowest BCUT2D eigenvalue weighted by atomic mass is 10.0. The van der Waals surface area contributed by atoms with Crippen molar-refractivity contribution in [2.45, 2.75) is 45.8 Å². The molecule has 102 valence electrons. The Kier molecular flexibility index (Phi) is 8.12. The number of nitrogens with one attached hydrogen (secondary N) is 1. The lowest BCUT2D eigenvalue weighted by molar-refractivity contribution is -0.148. The molecular formula is C12H25NO4. The van der Waals surface area contributed by atoms with E-state index < -0.39 is 11.5 Å². The Hall–Kier alpha value is -0.650. The summed E-state index contributed by atoms with van der Waals surface area (Å²) in [6.07, 6.45) is 0.786. The first-order valence-corrected chi connectivity index (χ1v) is 6.14. The van der Waals surface area contributed by atoms with Crippen LogP contribution in [0.25, 0.3) is 0 Å². The highest BCUT2D eigenvalue weighted by Crippen LogP contribution is 2.07. The van der Waals surface area contributed by atoms with Crippen molar-refractivity contribution in [2.24, 2.45) is 0 Å². The normalized spacial score (nSPS) is 16.5. The molecule has 0 bridgehead atoms. The van der Waals surface area contributed by atoms with Gasteiger partial charge in [0.2, 0.25) is 0 Å². The highest BCUT2D eigenvalue weighted by molar-refractivity contribution is 5.78. The van der Waals surface area contributed by atoms with E-state index in [9.17, 15) is 9.90 Å². The zero-order valence-corrected chi connectivity index (χ0v) is 11.3. The highest BCUT2D eigenvalue weighted by atomic mass is 16.5. The zero-order chi connectivity index (χ0) is 13.3. The molecule has 0 fully saturated rings. The second kappa shape index (κ2) is 8.44. The van der Waals surface area contributed by atoms with Crippen LogP contribution >= 0.6 is 0 Å². The van der Waals surface area contributed by atoms with Crippen LogP contribution in [0.2, 0.25) is 0 Å². The van der Waals surface area contributed by atoms with E-state index in [1.807, 2.05) is 20.8 Å². The fourth-order valence-electron chi connectivity index (χ4n) is 1.23. The van der Waals surface area contributed by atoms with E-state index in [1.54, 1.807) is 6.92 Å². The maximum absolute atomic E-state index is 11.2. The smallest absolute Gasteiger partial charge is 0.326 e.